The Morgan fingerprint density at radius 3 is 2.00 bits per heavy atom. The van der Waals surface area contributed by atoms with Gasteiger partial charge in [-0.05, 0) is 80.1 Å². The number of hydrogen-bond acceptors (Lipinski definition) is 0. The maximum Gasteiger partial charge on any atom is 0.442 e. The van der Waals surface area contributed by atoms with E-state index in [4.69, 9.17) is 0 Å². The smallest absolute Gasteiger partial charge is 0.202 e. The van der Waals surface area contributed by atoms with Crippen molar-refractivity contribution in [3.63, 3.8) is 0 Å². The van der Waals surface area contributed by atoms with Gasteiger partial charge in [-0.25, -0.2) is 4.39 Å². The number of halogens is 4. The molecule has 0 aromatic heterocycles. The molecule has 162 valence electrons. The average molecular weight is 419 g/mol. The zero-order valence-corrected chi connectivity index (χ0v) is 17.5. The predicted octanol–water partition coefficient (Wildman–Crippen LogP) is 8.60. The molecule has 2 aromatic carbocycles. The fourth-order valence-electron chi connectivity index (χ4n) is 4.32. The second-order valence-corrected chi connectivity index (χ2v) is 8.60. The van der Waals surface area contributed by atoms with Crippen LogP contribution in [0.4, 0.5) is 17.6 Å². The highest BCUT2D eigenvalue weighted by molar-refractivity contribution is 5.63. The van der Waals surface area contributed by atoms with Crippen molar-refractivity contribution in [2.45, 2.75) is 64.5 Å². The van der Waals surface area contributed by atoms with E-state index in [2.05, 4.69) is 55.5 Å². The van der Waals surface area contributed by atoms with Crippen LogP contribution in [0, 0.1) is 18.8 Å². The molecule has 0 nitrogen and oxygen atoms in total. The summed E-state index contributed by atoms with van der Waals surface area (Å²) in [6.45, 7) is 2.09. The molecule has 1 aliphatic carbocycles. The molecule has 0 spiro atoms. The van der Waals surface area contributed by atoms with Gasteiger partial charge in [0.25, 0.3) is 0 Å². The summed E-state index contributed by atoms with van der Waals surface area (Å²) in [4.78, 5) is 0. The van der Waals surface area contributed by atoms with Gasteiger partial charge in [-0.3, -0.25) is 0 Å². The van der Waals surface area contributed by atoms with Gasteiger partial charge in [-0.1, -0.05) is 66.9 Å². The van der Waals surface area contributed by atoms with Crippen LogP contribution in [-0.2, 0) is 6.42 Å². The Morgan fingerprint density at radius 1 is 0.867 bits per heavy atom. The number of aryl methyl sites for hydroxylation is 2. The lowest BCUT2D eigenvalue weighted by molar-refractivity contribution is -0.109. The second kappa shape index (κ2) is 10.3. The first kappa shape index (κ1) is 22.6. The van der Waals surface area contributed by atoms with Gasteiger partial charge in [0.05, 0.1) is 0 Å². The van der Waals surface area contributed by atoms with Crippen LogP contribution in [-0.4, -0.2) is 6.18 Å². The summed E-state index contributed by atoms with van der Waals surface area (Å²) in [6, 6.07) is 17.3. The Bertz CT molecular complexity index is 808. The highest BCUT2D eigenvalue weighted by Gasteiger charge is 2.35. The number of hydrogen-bond donors (Lipinski definition) is 0. The van der Waals surface area contributed by atoms with E-state index < -0.39 is 12.0 Å². The lowest BCUT2D eigenvalue weighted by atomic mass is 9.79. The Morgan fingerprint density at radius 2 is 1.43 bits per heavy atom. The van der Waals surface area contributed by atoms with E-state index in [1.807, 2.05) is 0 Å². The Kier molecular flexibility index (Phi) is 7.74. The molecule has 0 atom stereocenters. The molecule has 0 unspecified atom stereocenters. The van der Waals surface area contributed by atoms with Crippen molar-refractivity contribution in [3.8, 4) is 11.1 Å². The molecule has 0 saturated heterocycles. The summed E-state index contributed by atoms with van der Waals surface area (Å²) in [5.74, 6) is -1.64. The van der Waals surface area contributed by atoms with Crippen molar-refractivity contribution in [3.05, 3.63) is 71.6 Å². The minimum Gasteiger partial charge on any atom is -0.202 e. The van der Waals surface area contributed by atoms with E-state index in [0.717, 1.165) is 44.6 Å². The zero-order chi connectivity index (χ0) is 21.6. The summed E-state index contributed by atoms with van der Waals surface area (Å²) in [6.07, 6.45) is 3.47. The van der Waals surface area contributed by atoms with Crippen LogP contribution in [0.1, 0.15) is 56.1 Å². The van der Waals surface area contributed by atoms with E-state index in [9.17, 15) is 17.6 Å². The van der Waals surface area contributed by atoms with Gasteiger partial charge in [0.2, 0.25) is 0 Å². The number of rotatable bonds is 7. The summed E-state index contributed by atoms with van der Waals surface area (Å²) in [5.41, 5.74) is 5.05. The molecule has 4 heteroatoms. The largest absolute Gasteiger partial charge is 0.442 e. The molecule has 0 radical (unpaired) electrons. The Labute approximate surface area is 177 Å². The first-order chi connectivity index (χ1) is 14.3. The van der Waals surface area contributed by atoms with Crippen molar-refractivity contribution < 1.29 is 17.6 Å². The van der Waals surface area contributed by atoms with Gasteiger partial charge in [-0.2, -0.15) is 13.2 Å². The monoisotopic (exact) mass is 418 g/mol. The summed E-state index contributed by atoms with van der Waals surface area (Å²) >= 11 is 0. The molecule has 0 amide bonds. The lowest BCUT2D eigenvalue weighted by Crippen LogP contribution is -2.15. The molecule has 0 aliphatic heterocycles. The number of unbranched alkanes of at least 4 members (excludes halogenated alkanes) is 1. The first-order valence-corrected chi connectivity index (χ1v) is 10.9. The topological polar surface area (TPSA) is 0 Å². The first-order valence-electron chi connectivity index (χ1n) is 10.9. The number of allylic oxidation sites excluding steroid dienone is 2. The number of benzene rings is 2. The van der Waals surface area contributed by atoms with E-state index >= 15 is 0 Å². The van der Waals surface area contributed by atoms with Gasteiger partial charge in [0.1, 0.15) is 0 Å². The number of alkyl halides is 3. The van der Waals surface area contributed by atoms with Crippen LogP contribution in [0.3, 0.4) is 0 Å². The van der Waals surface area contributed by atoms with Crippen LogP contribution in [0.15, 0.2) is 60.4 Å². The molecule has 0 heterocycles. The Hall–Kier alpha value is -2.10. The zero-order valence-electron chi connectivity index (χ0n) is 17.5. The van der Waals surface area contributed by atoms with Crippen molar-refractivity contribution in [1.29, 1.82) is 0 Å². The lowest BCUT2D eigenvalue weighted by Gasteiger charge is -2.27. The maximum absolute atomic E-state index is 13.1. The third-order valence-electron chi connectivity index (χ3n) is 6.21. The highest BCUT2D eigenvalue weighted by Crippen LogP contribution is 2.36. The summed E-state index contributed by atoms with van der Waals surface area (Å²) < 4.78 is 50.0. The molecule has 0 N–H and O–H groups in total. The van der Waals surface area contributed by atoms with Gasteiger partial charge in [0, 0.05) is 0 Å². The minimum atomic E-state index is -4.84. The Balaban J connectivity index is 1.36. The van der Waals surface area contributed by atoms with E-state index in [1.54, 1.807) is 0 Å². The van der Waals surface area contributed by atoms with Crippen LogP contribution >= 0.6 is 0 Å². The van der Waals surface area contributed by atoms with Crippen LogP contribution in [0.25, 0.3) is 11.1 Å². The third kappa shape index (κ3) is 6.72. The molecule has 2 aromatic rings. The molecule has 30 heavy (non-hydrogen) atoms. The third-order valence-corrected chi connectivity index (χ3v) is 6.21. The minimum absolute atomic E-state index is 0.269. The summed E-state index contributed by atoms with van der Waals surface area (Å²) in [7, 11) is 0. The molecular weight excluding hydrogens is 388 g/mol. The molecule has 0 bridgehead atoms. The SMILES string of the molecule is Cc1ccc(-c2ccc(CCCCC3CCC(C=C(F)C(F)(F)F)CC3)cc2)cc1. The van der Waals surface area contributed by atoms with Gasteiger partial charge in [-0.15, -0.1) is 0 Å². The predicted molar refractivity (Wildman–Crippen MR) is 115 cm³/mol. The van der Waals surface area contributed by atoms with Crippen molar-refractivity contribution in [2.75, 3.05) is 0 Å². The van der Waals surface area contributed by atoms with E-state index in [1.165, 1.54) is 22.3 Å². The second-order valence-electron chi connectivity index (χ2n) is 8.60. The standard InChI is InChI=1S/C26H30F4/c1-19-6-14-23(15-7-19)24-16-12-21(13-17-24)5-3-2-4-20-8-10-22(11-9-20)18-25(27)26(28,29)30/h6-7,12-18,20,22H,2-5,8-11H2,1H3. The fraction of sp³-hybridized carbons (Fsp3) is 0.462. The van der Waals surface area contributed by atoms with Crippen LogP contribution < -0.4 is 0 Å². The van der Waals surface area contributed by atoms with Gasteiger partial charge >= 0.3 is 6.18 Å². The van der Waals surface area contributed by atoms with Gasteiger partial charge in [0.15, 0.2) is 5.83 Å². The van der Waals surface area contributed by atoms with E-state index in [-0.39, 0.29) is 5.92 Å². The van der Waals surface area contributed by atoms with Crippen LogP contribution in [0.5, 0.6) is 0 Å². The normalized spacial score (nSPS) is 20.4. The summed E-state index contributed by atoms with van der Waals surface area (Å²) in [5, 5.41) is 0. The molecular formula is C26H30F4. The van der Waals surface area contributed by atoms with Crippen LogP contribution in [0.2, 0.25) is 0 Å². The van der Waals surface area contributed by atoms with Crippen molar-refractivity contribution in [1.82, 2.24) is 0 Å². The van der Waals surface area contributed by atoms with Crippen molar-refractivity contribution >= 4 is 0 Å². The molecule has 1 saturated carbocycles. The molecule has 1 fully saturated rings. The fourth-order valence-corrected chi connectivity index (χ4v) is 4.32. The van der Waals surface area contributed by atoms with Crippen molar-refractivity contribution in [2.24, 2.45) is 11.8 Å². The van der Waals surface area contributed by atoms with Gasteiger partial charge < -0.3 is 0 Å². The quantitative estimate of drug-likeness (QED) is 0.312. The molecule has 3 rings (SSSR count). The maximum atomic E-state index is 13.1. The molecule has 1 aliphatic rings. The average Bonchev–Trinajstić information content (AvgIpc) is 2.73. The highest BCUT2D eigenvalue weighted by atomic mass is 19.4. The van der Waals surface area contributed by atoms with E-state index in [0.29, 0.717) is 18.8 Å².